The number of halogens is 1. The maximum atomic E-state index is 12.3. The Morgan fingerprint density at radius 1 is 1.50 bits per heavy atom. The van der Waals surface area contributed by atoms with E-state index in [1.807, 2.05) is 27.8 Å². The minimum absolute atomic E-state index is 0.0823. The van der Waals surface area contributed by atoms with Gasteiger partial charge in [-0.3, -0.25) is 9.48 Å². The Kier molecular flexibility index (Phi) is 5.10. The maximum Gasteiger partial charge on any atom is 0.170 e. The predicted molar refractivity (Wildman–Crippen MR) is 74.7 cm³/mol. The topological polar surface area (TPSA) is 44.1 Å². The van der Waals surface area contributed by atoms with Gasteiger partial charge in [-0.05, 0) is 35.7 Å². The van der Waals surface area contributed by atoms with Gasteiger partial charge in [0, 0.05) is 14.2 Å². The number of hydrogen-bond acceptors (Lipinski definition) is 3. The van der Waals surface area contributed by atoms with E-state index in [-0.39, 0.29) is 5.78 Å². The second-order valence-corrected chi connectivity index (χ2v) is 5.37. The van der Waals surface area contributed by atoms with Crippen molar-refractivity contribution in [3.63, 3.8) is 0 Å². The number of rotatable bonds is 6. The van der Waals surface area contributed by atoms with Crippen LogP contribution in [-0.4, -0.2) is 28.3 Å². The second kappa shape index (κ2) is 5.97. The van der Waals surface area contributed by atoms with Crippen LogP contribution in [0.3, 0.4) is 0 Å². The summed E-state index contributed by atoms with van der Waals surface area (Å²) in [5, 5.41) is 4.39. The van der Waals surface area contributed by atoms with E-state index in [4.69, 9.17) is 4.74 Å². The molecule has 0 aromatic carbocycles. The predicted octanol–water partition coefficient (Wildman–Crippen LogP) is 2.67. The number of ketones is 1. The Labute approximate surface area is 117 Å². The van der Waals surface area contributed by atoms with Crippen molar-refractivity contribution in [1.29, 1.82) is 0 Å². The fourth-order valence-corrected chi connectivity index (χ4v) is 2.56. The summed E-state index contributed by atoms with van der Waals surface area (Å²) in [6.45, 7) is 5.83. The third-order valence-corrected chi connectivity index (χ3v) is 4.46. The van der Waals surface area contributed by atoms with Crippen LogP contribution in [0.25, 0.3) is 0 Å². The van der Waals surface area contributed by atoms with E-state index >= 15 is 0 Å². The first kappa shape index (κ1) is 15.4. The van der Waals surface area contributed by atoms with Crippen LogP contribution in [0.4, 0.5) is 0 Å². The lowest BCUT2D eigenvalue weighted by molar-refractivity contribution is -0.138. The molecule has 0 aliphatic carbocycles. The zero-order chi connectivity index (χ0) is 13.9. The van der Waals surface area contributed by atoms with Crippen molar-refractivity contribution in [2.75, 3.05) is 7.11 Å². The van der Waals surface area contributed by atoms with Gasteiger partial charge in [0.15, 0.2) is 5.78 Å². The summed E-state index contributed by atoms with van der Waals surface area (Å²) in [6, 6.07) is 0. The molecule has 4 nitrogen and oxygen atoms in total. The lowest BCUT2D eigenvalue weighted by atomic mass is 9.94. The summed E-state index contributed by atoms with van der Waals surface area (Å²) in [6.07, 6.45) is 1.85. The minimum atomic E-state index is -0.712. The lowest BCUT2D eigenvalue weighted by Crippen LogP contribution is -2.38. The Hall–Kier alpha value is -0.680. The number of methoxy groups -OCH3 is 1. The molecule has 1 aromatic heterocycles. The summed E-state index contributed by atoms with van der Waals surface area (Å²) >= 11 is 3.52. The summed E-state index contributed by atoms with van der Waals surface area (Å²) < 4.78 is 8.05. The van der Waals surface area contributed by atoms with Gasteiger partial charge in [-0.25, -0.2) is 0 Å². The summed E-state index contributed by atoms with van der Waals surface area (Å²) in [4.78, 5) is 12.3. The van der Waals surface area contributed by atoms with Crippen LogP contribution in [0.1, 0.15) is 38.6 Å². The molecule has 0 saturated carbocycles. The van der Waals surface area contributed by atoms with Crippen LogP contribution < -0.4 is 0 Å². The van der Waals surface area contributed by atoms with E-state index in [2.05, 4.69) is 21.0 Å². The minimum Gasteiger partial charge on any atom is -0.371 e. The summed E-state index contributed by atoms with van der Waals surface area (Å²) in [5.74, 6) is 0.0823. The van der Waals surface area contributed by atoms with Crippen molar-refractivity contribution in [1.82, 2.24) is 9.78 Å². The highest BCUT2D eigenvalue weighted by atomic mass is 79.9. The first-order valence-electron chi connectivity index (χ1n) is 6.18. The average Bonchev–Trinajstić information content (AvgIpc) is 2.64. The van der Waals surface area contributed by atoms with Crippen LogP contribution in [0, 0.1) is 0 Å². The molecule has 0 saturated heterocycles. The monoisotopic (exact) mass is 316 g/mol. The highest BCUT2D eigenvalue weighted by Gasteiger charge is 2.32. The smallest absolute Gasteiger partial charge is 0.170 e. The fraction of sp³-hybridized carbons (Fsp3) is 0.692. The number of nitrogens with zero attached hydrogens (tertiary/aromatic N) is 2. The van der Waals surface area contributed by atoms with Gasteiger partial charge in [-0.15, -0.1) is 0 Å². The zero-order valence-electron chi connectivity index (χ0n) is 11.7. The molecular weight excluding hydrogens is 296 g/mol. The first-order chi connectivity index (χ1) is 8.39. The van der Waals surface area contributed by atoms with Crippen molar-refractivity contribution < 1.29 is 9.53 Å². The Morgan fingerprint density at radius 3 is 2.50 bits per heavy atom. The molecule has 5 heteroatoms. The highest BCUT2D eigenvalue weighted by Crippen LogP contribution is 2.25. The molecule has 0 N–H and O–H groups in total. The van der Waals surface area contributed by atoms with Crippen LogP contribution in [0.2, 0.25) is 0 Å². The number of aromatic nitrogens is 2. The van der Waals surface area contributed by atoms with E-state index in [1.165, 1.54) is 0 Å². The molecule has 0 radical (unpaired) electrons. The molecule has 0 aliphatic rings. The molecule has 0 bridgehead atoms. The maximum absolute atomic E-state index is 12.3. The normalized spacial score (nSPS) is 14.6. The third kappa shape index (κ3) is 2.83. The molecule has 1 aromatic rings. The van der Waals surface area contributed by atoms with Gasteiger partial charge < -0.3 is 4.74 Å². The van der Waals surface area contributed by atoms with Crippen molar-refractivity contribution >= 4 is 21.7 Å². The van der Waals surface area contributed by atoms with Gasteiger partial charge in [0.1, 0.15) is 5.60 Å². The van der Waals surface area contributed by atoms with Gasteiger partial charge in [-0.2, -0.15) is 5.10 Å². The summed E-state index contributed by atoms with van der Waals surface area (Å²) in [5.41, 5.74) is 1.18. The zero-order valence-corrected chi connectivity index (χ0v) is 13.3. The second-order valence-electron chi connectivity index (χ2n) is 4.57. The lowest BCUT2D eigenvalue weighted by Gasteiger charge is -2.24. The van der Waals surface area contributed by atoms with E-state index in [1.54, 1.807) is 11.8 Å². The quantitative estimate of drug-likeness (QED) is 0.810. The number of carbonyl (C=O) groups excluding carboxylic acids is 1. The molecule has 0 fully saturated rings. The molecule has 102 valence electrons. The van der Waals surface area contributed by atoms with E-state index in [0.29, 0.717) is 12.8 Å². The number of aryl methyl sites for hydroxylation is 2. The number of carbonyl (C=O) groups is 1. The molecule has 1 atom stereocenters. The first-order valence-corrected chi connectivity index (χ1v) is 6.97. The van der Waals surface area contributed by atoms with Crippen molar-refractivity contribution in [3.8, 4) is 0 Å². The Balaban J connectivity index is 2.98. The van der Waals surface area contributed by atoms with Gasteiger partial charge in [-0.1, -0.05) is 13.8 Å². The number of Topliss-reactive ketones (excluding diaryl/α,β-unsaturated/α-hetero) is 1. The highest BCUT2D eigenvalue weighted by molar-refractivity contribution is 9.10. The summed E-state index contributed by atoms with van der Waals surface area (Å²) in [7, 11) is 3.44. The average molecular weight is 317 g/mol. The van der Waals surface area contributed by atoms with Crippen LogP contribution in [-0.2, 0) is 29.4 Å². The van der Waals surface area contributed by atoms with Crippen molar-refractivity contribution in [3.05, 3.63) is 15.9 Å². The van der Waals surface area contributed by atoms with Crippen LogP contribution >= 0.6 is 15.9 Å². The van der Waals surface area contributed by atoms with Gasteiger partial charge in [0.2, 0.25) is 0 Å². The van der Waals surface area contributed by atoms with E-state index in [0.717, 1.165) is 22.3 Å². The van der Waals surface area contributed by atoms with Gasteiger partial charge >= 0.3 is 0 Å². The Morgan fingerprint density at radius 2 is 2.11 bits per heavy atom. The molecule has 1 heterocycles. The number of ether oxygens (including phenoxy) is 1. The van der Waals surface area contributed by atoms with Crippen molar-refractivity contribution in [2.24, 2.45) is 7.05 Å². The largest absolute Gasteiger partial charge is 0.371 e. The molecular formula is C13H21BrN2O2. The molecule has 1 rings (SSSR count). The molecule has 18 heavy (non-hydrogen) atoms. The van der Waals surface area contributed by atoms with Crippen LogP contribution in [0.15, 0.2) is 4.47 Å². The molecule has 0 spiro atoms. The van der Waals surface area contributed by atoms with Crippen molar-refractivity contribution in [2.45, 2.75) is 45.6 Å². The standard InChI is InChI=1S/C13H21BrN2O2/c1-6-9-12(14)10(16(4)15-9)8-11(17)13(3,7-2)18-5/h6-8H2,1-5H3. The van der Waals surface area contributed by atoms with Gasteiger partial charge in [0.05, 0.1) is 22.3 Å². The van der Waals surface area contributed by atoms with Crippen LogP contribution in [0.5, 0.6) is 0 Å². The van der Waals surface area contributed by atoms with Gasteiger partial charge in [0.25, 0.3) is 0 Å². The third-order valence-electron chi connectivity index (χ3n) is 3.55. The molecule has 0 amide bonds. The van der Waals surface area contributed by atoms with E-state index in [9.17, 15) is 4.79 Å². The fourth-order valence-electron chi connectivity index (χ4n) is 1.81. The molecule has 0 aliphatic heterocycles. The van der Waals surface area contributed by atoms with E-state index < -0.39 is 5.60 Å². The molecule has 1 unspecified atom stereocenters. The number of hydrogen-bond donors (Lipinski definition) is 0. The SMILES string of the molecule is CCc1nn(C)c(CC(=O)C(C)(CC)OC)c1Br. The Bertz CT molecular complexity index is 436.